The van der Waals surface area contributed by atoms with E-state index in [1.165, 1.54) is 29.0 Å². The summed E-state index contributed by atoms with van der Waals surface area (Å²) < 4.78 is 106. The summed E-state index contributed by atoms with van der Waals surface area (Å²) in [5.74, 6) is -1.97. The number of allylic oxidation sites excluding steroid dienone is 1. The van der Waals surface area contributed by atoms with Crippen LogP contribution in [-0.4, -0.2) is 153 Å². The number of sulfone groups is 1. The summed E-state index contributed by atoms with van der Waals surface area (Å²) in [6.45, 7) is 12.5. The zero-order valence-corrected chi connectivity index (χ0v) is 52.5. The van der Waals surface area contributed by atoms with E-state index < -0.39 is 58.7 Å². The van der Waals surface area contributed by atoms with Crippen LogP contribution in [0, 0.1) is 11.3 Å². The number of aromatic amines is 1. The van der Waals surface area contributed by atoms with Gasteiger partial charge in [0.05, 0.1) is 22.3 Å². The fourth-order valence-corrected chi connectivity index (χ4v) is 15.8. The highest BCUT2D eigenvalue weighted by molar-refractivity contribution is 7.92. The van der Waals surface area contributed by atoms with Crippen LogP contribution in [0.1, 0.15) is 109 Å². The summed E-state index contributed by atoms with van der Waals surface area (Å²) in [7, 11) is -11.1. The van der Waals surface area contributed by atoms with Crippen molar-refractivity contribution in [1.82, 2.24) is 39.6 Å². The van der Waals surface area contributed by atoms with Gasteiger partial charge in [0.1, 0.15) is 28.1 Å². The number of nitrogens with zero attached hydrogens (tertiary/aromatic N) is 6. The topological polar surface area (TPSA) is 227 Å². The summed E-state index contributed by atoms with van der Waals surface area (Å²) in [6, 6.07) is 24.0. The van der Waals surface area contributed by atoms with Gasteiger partial charge in [-0.3, -0.25) is 39.2 Å². The highest BCUT2D eigenvalue weighted by Crippen LogP contribution is 2.44. The fraction of sp³-hybridized carbons (Fsp3) is 0.431. The van der Waals surface area contributed by atoms with E-state index in [9.17, 15) is 49.2 Å². The largest absolute Gasteiger partial charge is 0.501 e. The van der Waals surface area contributed by atoms with Crippen molar-refractivity contribution in [3.8, 4) is 11.5 Å². The molecular formula is C65H72ClF3N10O9S2. The first-order valence-corrected chi connectivity index (χ1v) is 34.0. The van der Waals surface area contributed by atoms with Gasteiger partial charge in [-0.25, -0.2) is 26.5 Å². The normalized spacial score (nSPS) is 21.6. The lowest BCUT2D eigenvalue weighted by Gasteiger charge is -2.42. The number of anilines is 2. The first kappa shape index (κ1) is 62.8. The Kier molecular flexibility index (Phi) is 17.7. The molecule has 6 aliphatic rings. The van der Waals surface area contributed by atoms with E-state index in [4.69, 9.17) is 16.3 Å². The maximum Gasteiger partial charge on any atom is 0.501 e. The van der Waals surface area contributed by atoms with E-state index in [2.05, 4.69) is 66.2 Å². The number of H-pyrrole nitrogens is 1. The number of fused-ring (bicyclic) bond motifs is 2. The van der Waals surface area contributed by atoms with Crippen LogP contribution in [0.4, 0.5) is 24.5 Å². The van der Waals surface area contributed by atoms with Crippen molar-refractivity contribution in [3.63, 3.8) is 0 Å². The van der Waals surface area contributed by atoms with Crippen molar-refractivity contribution in [1.29, 1.82) is 0 Å². The first-order valence-electron chi connectivity index (χ1n) is 30.6. The summed E-state index contributed by atoms with van der Waals surface area (Å²) in [5, 5.41) is 6.64. The third-order valence-corrected chi connectivity index (χ3v) is 21.8. The van der Waals surface area contributed by atoms with Gasteiger partial charge in [-0.15, -0.1) is 0 Å². The number of sulfonamides is 1. The van der Waals surface area contributed by atoms with Crippen molar-refractivity contribution in [2.75, 3.05) is 75.7 Å². The monoisotopic (exact) mass is 1290 g/mol. The average molecular weight is 1290 g/mol. The number of halogens is 4. The third-order valence-electron chi connectivity index (χ3n) is 18.7. The smallest absolute Gasteiger partial charge is 0.455 e. The molecule has 4 aromatic carbocycles. The Morgan fingerprint density at radius 3 is 2.28 bits per heavy atom. The van der Waals surface area contributed by atoms with Gasteiger partial charge >= 0.3 is 5.51 Å². The number of ether oxygens (including phenoxy) is 1. The number of carbonyl (C=O) groups is 4. The molecule has 4 N–H and O–H groups in total. The fourth-order valence-electron chi connectivity index (χ4n) is 13.6. The Hall–Kier alpha value is -7.35. The van der Waals surface area contributed by atoms with Gasteiger partial charge in [-0.05, 0) is 146 Å². The second kappa shape index (κ2) is 25.4. The predicted octanol–water partition coefficient (Wildman–Crippen LogP) is 9.76. The molecule has 1 unspecified atom stereocenters. The lowest BCUT2D eigenvalue weighted by atomic mass is 9.72. The van der Waals surface area contributed by atoms with Crippen LogP contribution in [0.3, 0.4) is 0 Å². The van der Waals surface area contributed by atoms with E-state index in [1.807, 2.05) is 35.1 Å². The lowest BCUT2D eigenvalue weighted by Crippen LogP contribution is -2.52. The number of hydrogen-bond acceptors (Lipinski definition) is 15. The van der Waals surface area contributed by atoms with Gasteiger partial charge in [0, 0.05) is 125 Å². The summed E-state index contributed by atoms with van der Waals surface area (Å²) in [6.07, 6.45) is 9.73. The molecule has 4 aliphatic heterocycles. The van der Waals surface area contributed by atoms with Crippen LogP contribution < -0.4 is 25.0 Å². The SMILES string of the molecule is CC1(C)CCC(CN2CCN(c3ccc(C(=O)NS(=O)(=O)c4ccc(NCC5CCC(N6CCN(Cc7ccc8c(c7)CN(C7CCC(=O)NC7=O)C8=O)CC6)CC5)c(S(=O)(=O)C(F)(F)F)c4)c(Oc4cnc5[nH]ccc5c4)c3)CC2)=C(c2ccc(Cl)cc2)C1. The van der Waals surface area contributed by atoms with Gasteiger partial charge in [0.15, 0.2) is 0 Å². The molecule has 1 saturated carbocycles. The van der Waals surface area contributed by atoms with Crippen molar-refractivity contribution < 1.29 is 53.9 Å². The molecule has 25 heteroatoms. The predicted molar refractivity (Wildman–Crippen MR) is 335 cm³/mol. The van der Waals surface area contributed by atoms with Crippen molar-refractivity contribution in [2.45, 2.75) is 112 Å². The number of hydrogen-bond donors (Lipinski definition) is 4. The number of carbonyl (C=O) groups excluding carboxylic acids is 4. The Balaban J connectivity index is 0.678. The Morgan fingerprint density at radius 2 is 1.54 bits per heavy atom. The molecule has 476 valence electrons. The summed E-state index contributed by atoms with van der Waals surface area (Å²) >= 11 is 6.27. The molecule has 0 spiro atoms. The lowest BCUT2D eigenvalue weighted by molar-refractivity contribution is -0.136. The Labute approximate surface area is 526 Å². The van der Waals surface area contributed by atoms with E-state index in [0.29, 0.717) is 78.8 Å². The second-order valence-corrected chi connectivity index (χ2v) is 29.4. The highest BCUT2D eigenvalue weighted by Gasteiger charge is 2.49. The highest BCUT2D eigenvalue weighted by atomic mass is 35.5. The molecule has 4 amide bonds. The van der Waals surface area contributed by atoms with Crippen LogP contribution >= 0.6 is 11.6 Å². The zero-order chi connectivity index (χ0) is 63.3. The minimum absolute atomic E-state index is 0.0224. The number of piperazine rings is 2. The molecule has 6 heterocycles. The van der Waals surface area contributed by atoms with Crippen LogP contribution in [0.15, 0.2) is 119 Å². The molecule has 2 aliphatic carbocycles. The minimum Gasteiger partial charge on any atom is -0.455 e. The van der Waals surface area contributed by atoms with Gasteiger partial charge in [-0.2, -0.15) is 13.2 Å². The average Bonchev–Trinajstić information content (AvgIpc) is 0.957. The second-order valence-electron chi connectivity index (χ2n) is 25.4. The van der Waals surface area contributed by atoms with Gasteiger partial charge in [0.2, 0.25) is 11.8 Å². The molecule has 90 heavy (non-hydrogen) atoms. The number of pyridine rings is 1. The number of amides is 4. The van der Waals surface area contributed by atoms with E-state index in [-0.39, 0.29) is 59.2 Å². The van der Waals surface area contributed by atoms with Crippen molar-refractivity contribution in [3.05, 3.63) is 142 Å². The number of aromatic nitrogens is 2. The quantitative estimate of drug-likeness (QED) is 0.0624. The molecule has 12 rings (SSSR count). The number of imide groups is 1. The van der Waals surface area contributed by atoms with Crippen LogP contribution in [0.5, 0.6) is 11.5 Å². The van der Waals surface area contributed by atoms with Gasteiger partial charge in [0.25, 0.3) is 31.7 Å². The molecule has 1 atom stereocenters. The molecule has 2 aromatic heterocycles. The molecular weight excluding hydrogens is 1220 g/mol. The van der Waals surface area contributed by atoms with E-state index in [0.717, 1.165) is 101 Å². The molecule has 0 bridgehead atoms. The molecule has 0 radical (unpaired) electrons. The molecule has 6 aromatic rings. The van der Waals surface area contributed by atoms with Gasteiger partial charge < -0.3 is 24.8 Å². The molecule has 19 nitrogen and oxygen atoms in total. The maximum absolute atomic E-state index is 14.4. The third kappa shape index (κ3) is 13.6. The van der Waals surface area contributed by atoms with Crippen molar-refractivity contribution in [2.24, 2.45) is 11.3 Å². The summed E-state index contributed by atoms with van der Waals surface area (Å²) in [5.41, 5.74) is 1.46. The van der Waals surface area contributed by atoms with Crippen LogP contribution in [0.25, 0.3) is 16.6 Å². The first-order chi connectivity index (χ1) is 42.9. The number of benzene rings is 4. The number of rotatable bonds is 17. The number of piperidine rings is 1. The maximum atomic E-state index is 14.4. The van der Waals surface area contributed by atoms with Crippen LogP contribution in [0.2, 0.25) is 5.02 Å². The van der Waals surface area contributed by atoms with E-state index >= 15 is 0 Å². The van der Waals surface area contributed by atoms with Gasteiger partial charge in [-0.1, -0.05) is 55.3 Å². The Bertz CT molecular complexity index is 4030. The van der Waals surface area contributed by atoms with Crippen LogP contribution in [-0.2, 0) is 42.5 Å². The molecule has 4 fully saturated rings. The Morgan fingerprint density at radius 1 is 0.811 bits per heavy atom. The van der Waals surface area contributed by atoms with E-state index in [1.54, 1.807) is 35.4 Å². The van der Waals surface area contributed by atoms with Crippen molar-refractivity contribution >= 4 is 83.1 Å². The number of nitrogens with one attached hydrogen (secondary N) is 4. The standard InChI is InChI=1S/C65H72ClF3N10O9S2/c1-64(2)21-19-45(54(35-64)43-6-8-47(66)9-7-43)39-76-25-29-78(30-26-76)49-12-15-53(57(33-49)88-50-32-44-20-22-70-60(44)72-37-50)61(81)74-90(86,87)51-13-16-55(58(34-51)89(84,85)65(67,68)69)71-36-41-3-10-48(11-4-41)77-27-23-75(24-28-77)38-42-5-14-52-46(31-42)40-79(63(52)83)56-17-18-59(80)73-62(56)82/h5-9,12-16,20,22,31-34,37,41,48,56,71H,3-4,10-11,17-19,21,23-30,35-36,38-40H2,1-2H3,(H,70,72)(H,74,81)(H,73,80,82). The molecule has 3 saturated heterocycles. The minimum atomic E-state index is -6.12. The zero-order valence-electron chi connectivity index (χ0n) is 50.1. The number of alkyl halides is 3. The summed E-state index contributed by atoms with van der Waals surface area (Å²) in [4.78, 5) is 67.9.